The van der Waals surface area contributed by atoms with Crippen molar-refractivity contribution in [2.75, 3.05) is 0 Å². The minimum Gasteiger partial charge on any atom is -0.464 e. The standard InChI is InChI=1S/C30H28Cl2N2O6/c1-15(2)21-13-4-16(3)14-22(21)40-30(39)34-26(18-7-11-20(32)12-8-18)24-23(28(34)36)25(33(27(24)35)29(37)38)17-5-9-19(31)10-6-17/h5-12,15-16,21-22H,4,13-14H2,1-3H3,(H,37,38). The van der Waals surface area contributed by atoms with Gasteiger partial charge in [-0.1, -0.05) is 74.7 Å². The summed E-state index contributed by atoms with van der Waals surface area (Å²) in [5.74, 6) is -1.04. The molecule has 4 amide bonds. The van der Waals surface area contributed by atoms with E-state index < -0.39 is 30.1 Å². The first-order valence-corrected chi connectivity index (χ1v) is 13.9. The fraction of sp³-hybridized carbons (Fsp3) is 0.333. The van der Waals surface area contributed by atoms with Crippen molar-refractivity contribution in [3.63, 3.8) is 0 Å². The molecule has 0 spiro atoms. The van der Waals surface area contributed by atoms with Crippen LogP contribution in [-0.4, -0.2) is 45.0 Å². The van der Waals surface area contributed by atoms with Gasteiger partial charge in [0.15, 0.2) is 0 Å². The Balaban J connectivity index is 1.67. The minimum atomic E-state index is -1.56. The van der Waals surface area contributed by atoms with Crippen molar-refractivity contribution in [2.24, 2.45) is 17.8 Å². The van der Waals surface area contributed by atoms with E-state index in [-0.39, 0.29) is 39.9 Å². The van der Waals surface area contributed by atoms with Crippen LogP contribution in [-0.2, 0) is 14.3 Å². The molecule has 1 aliphatic carbocycles. The van der Waals surface area contributed by atoms with Gasteiger partial charge in [0.2, 0.25) is 0 Å². The molecule has 40 heavy (non-hydrogen) atoms. The summed E-state index contributed by atoms with van der Waals surface area (Å²) in [5.41, 5.74) is 0.0792. The van der Waals surface area contributed by atoms with E-state index in [2.05, 4.69) is 20.8 Å². The highest BCUT2D eigenvalue weighted by Crippen LogP contribution is 2.47. The number of nitrogens with zero attached hydrogens (tertiary/aromatic N) is 2. The second kappa shape index (κ2) is 10.7. The Morgan fingerprint density at radius 1 is 0.850 bits per heavy atom. The van der Waals surface area contributed by atoms with Crippen LogP contribution >= 0.6 is 23.2 Å². The van der Waals surface area contributed by atoms with Crippen LogP contribution in [0.5, 0.6) is 0 Å². The molecule has 5 rings (SSSR count). The van der Waals surface area contributed by atoms with Crippen molar-refractivity contribution in [3.8, 4) is 0 Å². The van der Waals surface area contributed by atoms with Crippen molar-refractivity contribution < 1.29 is 29.0 Å². The van der Waals surface area contributed by atoms with Gasteiger partial charge in [-0.15, -0.1) is 0 Å². The third-order valence-electron chi connectivity index (χ3n) is 7.83. The number of amides is 4. The molecule has 3 atom stereocenters. The molecular formula is C30H28Cl2N2O6. The van der Waals surface area contributed by atoms with Crippen LogP contribution in [0.15, 0.2) is 59.7 Å². The van der Waals surface area contributed by atoms with Gasteiger partial charge in [0, 0.05) is 10.0 Å². The molecule has 2 heterocycles. The van der Waals surface area contributed by atoms with Crippen LogP contribution in [0.2, 0.25) is 10.0 Å². The van der Waals surface area contributed by atoms with Gasteiger partial charge in [-0.25, -0.2) is 19.4 Å². The summed E-state index contributed by atoms with van der Waals surface area (Å²) in [7, 11) is 0. The smallest absolute Gasteiger partial charge is 0.421 e. The topological polar surface area (TPSA) is 104 Å². The first-order valence-electron chi connectivity index (χ1n) is 13.1. The SMILES string of the molecule is CC1CCC(C(C)C)C(OC(=O)N2C(=O)C3=C(c4ccc(Cl)cc4)N(C(=O)O)C(=O)C3=C2c2ccc(Cl)cc2)C1. The Hall–Kier alpha value is -3.62. The molecular weight excluding hydrogens is 555 g/mol. The molecule has 3 aliphatic rings. The Morgan fingerprint density at radius 3 is 1.80 bits per heavy atom. The summed E-state index contributed by atoms with van der Waals surface area (Å²) in [6.45, 7) is 6.26. The van der Waals surface area contributed by atoms with Gasteiger partial charge in [-0.3, -0.25) is 9.59 Å². The number of ether oxygens (including phenoxy) is 1. The van der Waals surface area contributed by atoms with E-state index in [1.54, 1.807) is 24.3 Å². The fourth-order valence-corrected chi connectivity index (χ4v) is 6.11. The zero-order valence-corrected chi connectivity index (χ0v) is 23.7. The highest BCUT2D eigenvalue weighted by Gasteiger charge is 2.53. The maximum absolute atomic E-state index is 14.1. The molecule has 208 valence electrons. The number of carbonyl (C=O) groups is 4. The summed E-state index contributed by atoms with van der Waals surface area (Å²) < 4.78 is 6.02. The fourth-order valence-electron chi connectivity index (χ4n) is 5.86. The number of hydrogen-bond acceptors (Lipinski definition) is 5. The Labute approximate surface area is 241 Å². The van der Waals surface area contributed by atoms with Crippen molar-refractivity contribution in [2.45, 2.75) is 46.1 Å². The Kier molecular flexibility index (Phi) is 7.50. The monoisotopic (exact) mass is 582 g/mol. The largest absolute Gasteiger partial charge is 0.464 e. The number of benzene rings is 2. The first-order chi connectivity index (χ1) is 19.0. The number of halogens is 2. The molecule has 0 bridgehead atoms. The third kappa shape index (κ3) is 4.80. The molecule has 0 aromatic heterocycles. The average molecular weight is 583 g/mol. The van der Waals surface area contributed by atoms with E-state index in [9.17, 15) is 24.3 Å². The molecule has 1 saturated carbocycles. The number of fused-ring (bicyclic) bond motifs is 1. The minimum absolute atomic E-state index is 0.0353. The second-order valence-electron chi connectivity index (χ2n) is 10.8. The lowest BCUT2D eigenvalue weighted by molar-refractivity contribution is -0.123. The van der Waals surface area contributed by atoms with Crippen LogP contribution in [0.1, 0.15) is 51.2 Å². The van der Waals surface area contributed by atoms with Gasteiger partial charge < -0.3 is 9.84 Å². The molecule has 1 fully saturated rings. The predicted octanol–water partition coefficient (Wildman–Crippen LogP) is 7.08. The second-order valence-corrected chi connectivity index (χ2v) is 11.6. The zero-order valence-electron chi connectivity index (χ0n) is 22.2. The van der Waals surface area contributed by atoms with Crippen LogP contribution in [0.25, 0.3) is 11.4 Å². The molecule has 1 N–H and O–H groups in total. The highest BCUT2D eigenvalue weighted by atomic mass is 35.5. The van der Waals surface area contributed by atoms with E-state index >= 15 is 0 Å². The van der Waals surface area contributed by atoms with Crippen molar-refractivity contribution >= 4 is 58.6 Å². The summed E-state index contributed by atoms with van der Waals surface area (Å²) in [4.78, 5) is 55.3. The molecule has 0 radical (unpaired) electrons. The third-order valence-corrected chi connectivity index (χ3v) is 8.33. The maximum Gasteiger partial charge on any atom is 0.421 e. The van der Waals surface area contributed by atoms with E-state index in [1.807, 2.05) is 0 Å². The first kappa shape index (κ1) is 27.9. The summed E-state index contributed by atoms with van der Waals surface area (Å²) in [6.07, 6.45) is -0.285. The maximum atomic E-state index is 14.1. The van der Waals surface area contributed by atoms with E-state index in [0.29, 0.717) is 32.8 Å². The zero-order chi connectivity index (χ0) is 28.9. The van der Waals surface area contributed by atoms with Gasteiger partial charge in [0.05, 0.1) is 22.5 Å². The highest BCUT2D eigenvalue weighted by molar-refractivity contribution is 6.36. The number of imide groups is 2. The molecule has 8 nitrogen and oxygen atoms in total. The van der Waals surface area contributed by atoms with Crippen LogP contribution in [0.4, 0.5) is 9.59 Å². The molecule has 2 aromatic carbocycles. The number of carboxylic acid groups (broad SMARTS) is 1. The van der Waals surface area contributed by atoms with E-state index in [1.165, 1.54) is 24.3 Å². The van der Waals surface area contributed by atoms with Gasteiger partial charge >= 0.3 is 12.2 Å². The average Bonchev–Trinajstić information content (AvgIpc) is 3.37. The Bertz CT molecular complexity index is 1460. The van der Waals surface area contributed by atoms with E-state index in [4.69, 9.17) is 27.9 Å². The van der Waals surface area contributed by atoms with Crippen LogP contribution in [0.3, 0.4) is 0 Å². The lowest BCUT2D eigenvalue weighted by Crippen LogP contribution is -2.41. The van der Waals surface area contributed by atoms with Gasteiger partial charge in [-0.05, 0) is 66.0 Å². The predicted molar refractivity (Wildman–Crippen MR) is 150 cm³/mol. The van der Waals surface area contributed by atoms with E-state index in [0.717, 1.165) is 17.7 Å². The van der Waals surface area contributed by atoms with Crippen molar-refractivity contribution in [1.29, 1.82) is 0 Å². The molecule has 2 aromatic rings. The summed E-state index contributed by atoms with van der Waals surface area (Å²) in [6, 6.07) is 12.3. The lowest BCUT2D eigenvalue weighted by Gasteiger charge is -2.37. The Morgan fingerprint density at radius 2 is 1.32 bits per heavy atom. The molecule has 0 saturated heterocycles. The normalized spacial score (nSPS) is 22.9. The van der Waals surface area contributed by atoms with Gasteiger partial charge in [-0.2, -0.15) is 0 Å². The molecule has 2 aliphatic heterocycles. The summed E-state index contributed by atoms with van der Waals surface area (Å²) >= 11 is 12.1. The number of rotatable bonds is 4. The lowest BCUT2D eigenvalue weighted by atomic mass is 9.75. The van der Waals surface area contributed by atoms with Crippen molar-refractivity contribution in [3.05, 3.63) is 80.8 Å². The quantitative estimate of drug-likeness (QED) is 0.413. The number of carbonyl (C=O) groups excluding carboxylic acids is 3. The van der Waals surface area contributed by atoms with Crippen LogP contribution < -0.4 is 0 Å². The molecule has 3 unspecified atom stereocenters. The van der Waals surface area contributed by atoms with Crippen molar-refractivity contribution in [1.82, 2.24) is 9.80 Å². The van der Waals surface area contributed by atoms with Gasteiger partial charge in [0.1, 0.15) is 6.10 Å². The molecule has 10 heteroatoms. The van der Waals surface area contributed by atoms with Crippen LogP contribution in [0, 0.1) is 17.8 Å². The number of hydrogen-bond donors (Lipinski definition) is 1. The summed E-state index contributed by atoms with van der Waals surface area (Å²) in [5, 5.41) is 10.8. The van der Waals surface area contributed by atoms with Gasteiger partial charge in [0.25, 0.3) is 11.8 Å².